The van der Waals surface area contributed by atoms with Crippen molar-refractivity contribution in [3.05, 3.63) is 23.5 Å². The number of aliphatic hydroxyl groups is 2. The Morgan fingerprint density at radius 2 is 1.66 bits per heavy atom. The van der Waals surface area contributed by atoms with Gasteiger partial charge in [-0.2, -0.15) is 0 Å². The summed E-state index contributed by atoms with van der Waals surface area (Å²) in [6.45, 7) is 12.9. The molecule has 4 aliphatic rings. The van der Waals surface area contributed by atoms with Gasteiger partial charge in [0.1, 0.15) is 11.2 Å². The Hall–Kier alpha value is -2.81. The van der Waals surface area contributed by atoms with Crippen LogP contribution in [-0.2, 0) is 33.4 Å². The lowest BCUT2D eigenvalue weighted by Crippen LogP contribution is -2.78. The SMILES string of the molecule is C=C1CC2[C@@]3(C)C(=C(O)C(=O)[C@]2(C)[C@@]2(C(=O)OC)C(=O)C(C)OC(=O)[C@]12C)C(C)(C)C(=O)CC3O. The number of ketones is 3. The van der Waals surface area contributed by atoms with Crippen LogP contribution in [-0.4, -0.2) is 58.8 Å². The Bertz CT molecular complexity index is 1160. The van der Waals surface area contributed by atoms with Gasteiger partial charge in [0.05, 0.1) is 18.6 Å². The predicted molar refractivity (Wildman–Crippen MR) is 121 cm³/mol. The Labute approximate surface area is 203 Å². The fourth-order valence-corrected chi connectivity index (χ4v) is 7.89. The number of carbonyl (C=O) groups excluding carboxylic acids is 5. The highest BCUT2D eigenvalue weighted by Gasteiger charge is 2.85. The number of Topliss-reactive ketones (excluding diaryl/α,β-unsaturated/α-hetero) is 3. The Balaban J connectivity index is 2.21. The number of ether oxygens (including phenoxy) is 2. The standard InChI is InChI=1S/C26H32O9/c1-11-9-13-23(5)15(28)10-14(27)22(3,4)17(23)16(29)19(31)25(13,7)26(21(33)34-8)18(30)12(2)35-20(32)24(11,26)6/h12-13,15,28-29H,1,9-10H2,2-8H3/t12?,13?,15?,23-,24+,25-,26-/m1/s1. The highest BCUT2D eigenvalue weighted by molar-refractivity contribution is 6.20. The van der Waals surface area contributed by atoms with Crippen LogP contribution in [0.1, 0.15) is 54.4 Å². The quantitative estimate of drug-likeness (QED) is 0.322. The molecule has 1 heterocycles. The van der Waals surface area contributed by atoms with Gasteiger partial charge in [-0.05, 0) is 45.6 Å². The van der Waals surface area contributed by atoms with E-state index in [1.165, 1.54) is 20.8 Å². The van der Waals surface area contributed by atoms with E-state index in [2.05, 4.69) is 6.58 Å². The van der Waals surface area contributed by atoms with Crippen molar-refractivity contribution in [2.45, 2.75) is 66.6 Å². The molecule has 7 atom stereocenters. The molecule has 9 heteroatoms. The first kappa shape index (κ1) is 25.3. The van der Waals surface area contributed by atoms with Crippen LogP contribution in [0.25, 0.3) is 0 Å². The summed E-state index contributed by atoms with van der Waals surface area (Å²) in [6.07, 6.45) is -2.99. The van der Waals surface area contributed by atoms with Crippen molar-refractivity contribution in [1.29, 1.82) is 0 Å². The molecule has 2 saturated carbocycles. The van der Waals surface area contributed by atoms with Crippen LogP contribution in [0.3, 0.4) is 0 Å². The zero-order valence-electron chi connectivity index (χ0n) is 21.1. The second-order valence-electron chi connectivity index (χ2n) is 11.4. The molecule has 2 N–H and O–H groups in total. The number of methoxy groups -OCH3 is 1. The van der Waals surface area contributed by atoms with E-state index < -0.39 is 74.5 Å². The summed E-state index contributed by atoms with van der Waals surface area (Å²) in [5.74, 6) is -5.91. The lowest BCUT2D eigenvalue weighted by atomic mass is 9.32. The van der Waals surface area contributed by atoms with Gasteiger partial charge in [0.15, 0.2) is 23.1 Å². The van der Waals surface area contributed by atoms with E-state index in [1.54, 1.807) is 20.8 Å². The molecule has 3 fully saturated rings. The third-order valence-corrected chi connectivity index (χ3v) is 9.89. The minimum Gasteiger partial charge on any atom is -0.504 e. The van der Waals surface area contributed by atoms with Crippen LogP contribution < -0.4 is 0 Å². The fourth-order valence-electron chi connectivity index (χ4n) is 7.89. The normalized spacial score (nSPS) is 44.8. The molecular formula is C26H32O9. The minimum atomic E-state index is -2.42. The van der Waals surface area contributed by atoms with Crippen LogP contribution >= 0.6 is 0 Å². The summed E-state index contributed by atoms with van der Waals surface area (Å²) in [5.41, 5.74) is -8.87. The third-order valence-electron chi connectivity index (χ3n) is 9.89. The van der Waals surface area contributed by atoms with E-state index >= 15 is 0 Å². The van der Waals surface area contributed by atoms with Gasteiger partial charge < -0.3 is 19.7 Å². The van der Waals surface area contributed by atoms with Crippen LogP contribution in [0.2, 0.25) is 0 Å². The summed E-state index contributed by atoms with van der Waals surface area (Å²) in [5, 5.41) is 22.7. The Morgan fingerprint density at radius 1 is 1.09 bits per heavy atom. The average molecular weight is 489 g/mol. The molecule has 0 aromatic rings. The van der Waals surface area contributed by atoms with Gasteiger partial charge in [-0.15, -0.1) is 0 Å². The lowest BCUT2D eigenvalue weighted by Gasteiger charge is -2.68. The summed E-state index contributed by atoms with van der Waals surface area (Å²) >= 11 is 0. The maximum absolute atomic E-state index is 14.2. The van der Waals surface area contributed by atoms with E-state index in [1.807, 2.05) is 0 Å². The molecule has 1 saturated heterocycles. The van der Waals surface area contributed by atoms with E-state index in [4.69, 9.17) is 9.47 Å². The van der Waals surface area contributed by atoms with Crippen LogP contribution in [0.5, 0.6) is 0 Å². The number of hydrogen-bond donors (Lipinski definition) is 2. The first-order valence-corrected chi connectivity index (χ1v) is 11.7. The highest BCUT2D eigenvalue weighted by Crippen LogP contribution is 2.74. The second-order valence-corrected chi connectivity index (χ2v) is 11.4. The molecule has 9 nitrogen and oxygen atoms in total. The molecule has 0 amide bonds. The zero-order chi connectivity index (χ0) is 26.7. The molecule has 3 aliphatic carbocycles. The zero-order valence-corrected chi connectivity index (χ0v) is 21.1. The molecular weight excluding hydrogens is 456 g/mol. The highest BCUT2D eigenvalue weighted by atomic mass is 16.6. The number of carbonyl (C=O) groups is 5. The van der Waals surface area contributed by atoms with Gasteiger partial charge in [-0.25, -0.2) is 0 Å². The van der Waals surface area contributed by atoms with E-state index in [0.29, 0.717) is 0 Å². The molecule has 4 rings (SSSR count). The first-order valence-electron chi connectivity index (χ1n) is 11.7. The van der Waals surface area contributed by atoms with Gasteiger partial charge in [0.2, 0.25) is 5.78 Å². The largest absolute Gasteiger partial charge is 0.504 e. The van der Waals surface area contributed by atoms with Crippen LogP contribution in [0.15, 0.2) is 23.5 Å². The van der Waals surface area contributed by atoms with E-state index in [-0.39, 0.29) is 29.8 Å². The maximum Gasteiger partial charge on any atom is 0.322 e. The smallest absolute Gasteiger partial charge is 0.322 e. The lowest BCUT2D eigenvalue weighted by molar-refractivity contribution is -0.228. The summed E-state index contributed by atoms with van der Waals surface area (Å²) in [4.78, 5) is 68.3. The van der Waals surface area contributed by atoms with Crippen molar-refractivity contribution in [2.24, 2.45) is 33.0 Å². The maximum atomic E-state index is 14.2. The number of allylic oxidation sites excluding steroid dienone is 1. The van der Waals surface area contributed by atoms with Crippen LogP contribution in [0, 0.1) is 33.0 Å². The van der Waals surface area contributed by atoms with Crippen molar-refractivity contribution >= 4 is 29.3 Å². The number of rotatable bonds is 1. The number of cyclic esters (lactones) is 1. The Kier molecular flexibility index (Phi) is 4.98. The van der Waals surface area contributed by atoms with Crippen molar-refractivity contribution in [3.8, 4) is 0 Å². The number of fused-ring (bicyclic) bond motifs is 5. The predicted octanol–water partition coefficient (Wildman–Crippen LogP) is 2.01. The molecule has 190 valence electrons. The van der Waals surface area contributed by atoms with Gasteiger partial charge >= 0.3 is 11.9 Å². The molecule has 0 aromatic heterocycles. The van der Waals surface area contributed by atoms with Crippen molar-refractivity contribution in [3.63, 3.8) is 0 Å². The average Bonchev–Trinajstić information content (AvgIpc) is 2.77. The molecule has 1 aliphatic heterocycles. The molecule has 35 heavy (non-hydrogen) atoms. The van der Waals surface area contributed by atoms with Crippen molar-refractivity contribution < 1.29 is 43.7 Å². The van der Waals surface area contributed by atoms with E-state index in [0.717, 1.165) is 7.11 Å². The summed E-state index contributed by atoms with van der Waals surface area (Å²) in [7, 11) is 1.05. The second kappa shape index (κ2) is 6.90. The third kappa shape index (κ3) is 2.31. The van der Waals surface area contributed by atoms with Gasteiger partial charge in [-0.3, -0.25) is 24.0 Å². The molecule has 0 bridgehead atoms. The Morgan fingerprint density at radius 3 is 2.20 bits per heavy atom. The number of aliphatic hydroxyl groups excluding tert-OH is 2. The fraction of sp³-hybridized carbons (Fsp3) is 0.654. The first-order chi connectivity index (χ1) is 15.9. The monoisotopic (exact) mass is 488 g/mol. The molecule has 3 unspecified atom stereocenters. The number of esters is 2. The van der Waals surface area contributed by atoms with Gasteiger partial charge in [0, 0.05) is 17.3 Å². The van der Waals surface area contributed by atoms with Crippen molar-refractivity contribution in [1.82, 2.24) is 0 Å². The van der Waals surface area contributed by atoms with Gasteiger partial charge in [-0.1, -0.05) is 26.0 Å². The van der Waals surface area contributed by atoms with Crippen molar-refractivity contribution in [2.75, 3.05) is 7.11 Å². The minimum absolute atomic E-state index is 0.0388. The summed E-state index contributed by atoms with van der Waals surface area (Å²) < 4.78 is 10.4. The van der Waals surface area contributed by atoms with E-state index in [9.17, 15) is 34.2 Å². The molecule has 0 spiro atoms. The molecule has 0 aromatic carbocycles. The van der Waals surface area contributed by atoms with Crippen LogP contribution in [0.4, 0.5) is 0 Å². The number of hydrogen-bond acceptors (Lipinski definition) is 9. The summed E-state index contributed by atoms with van der Waals surface area (Å²) in [6, 6.07) is 0. The topological polar surface area (TPSA) is 144 Å². The molecule has 0 radical (unpaired) electrons. The van der Waals surface area contributed by atoms with Gasteiger partial charge in [0.25, 0.3) is 0 Å².